The van der Waals surface area contributed by atoms with Gasteiger partial charge >= 0.3 is 0 Å². The number of nitrogens with two attached hydrogens (primary N) is 1. The summed E-state index contributed by atoms with van der Waals surface area (Å²) in [6.45, 7) is 7.19. The van der Waals surface area contributed by atoms with Crippen LogP contribution in [0.5, 0.6) is 0 Å². The van der Waals surface area contributed by atoms with Crippen molar-refractivity contribution in [3.63, 3.8) is 0 Å². The summed E-state index contributed by atoms with van der Waals surface area (Å²) in [7, 11) is 0. The topological polar surface area (TPSA) is 38.0 Å². The predicted molar refractivity (Wildman–Crippen MR) is 85.5 cm³/mol. The van der Waals surface area contributed by atoms with E-state index in [9.17, 15) is 0 Å². The lowest BCUT2D eigenvalue weighted by atomic mass is 9.78. The van der Waals surface area contributed by atoms with E-state index in [0.717, 1.165) is 23.7 Å². The molecule has 2 heteroatoms. The van der Waals surface area contributed by atoms with E-state index in [1.165, 1.54) is 64.5 Å². The van der Waals surface area contributed by atoms with E-state index in [0.29, 0.717) is 11.5 Å². The van der Waals surface area contributed by atoms with Crippen LogP contribution in [-0.4, -0.2) is 19.1 Å². The Bertz CT molecular complexity index is 317. The van der Waals surface area contributed by atoms with Crippen molar-refractivity contribution in [2.45, 2.75) is 71.3 Å². The Labute approximate surface area is 125 Å². The molecule has 2 bridgehead atoms. The monoisotopic (exact) mass is 278 g/mol. The van der Waals surface area contributed by atoms with Gasteiger partial charge in [-0.1, -0.05) is 26.7 Å². The third-order valence-electron chi connectivity index (χ3n) is 6.54. The molecule has 0 heterocycles. The number of nitrogens with one attached hydrogen (secondary N) is 1. The predicted octanol–water partition coefficient (Wildman–Crippen LogP) is 3.56. The Hall–Kier alpha value is -0.0800. The molecule has 4 unspecified atom stereocenters. The van der Waals surface area contributed by atoms with Crippen molar-refractivity contribution < 1.29 is 0 Å². The summed E-state index contributed by atoms with van der Waals surface area (Å²) in [4.78, 5) is 0. The van der Waals surface area contributed by atoms with Gasteiger partial charge in [-0.25, -0.2) is 0 Å². The lowest BCUT2D eigenvalue weighted by Gasteiger charge is -2.34. The SMILES string of the molecule is CC(C)CC1(CNCC2C3CCC(C3)C2N)CCCC1. The summed E-state index contributed by atoms with van der Waals surface area (Å²) in [5.74, 6) is 3.39. The molecule has 20 heavy (non-hydrogen) atoms. The minimum absolute atomic E-state index is 0.492. The lowest BCUT2D eigenvalue weighted by Crippen LogP contribution is -2.43. The van der Waals surface area contributed by atoms with Gasteiger partial charge in [0.25, 0.3) is 0 Å². The first kappa shape index (κ1) is 14.8. The van der Waals surface area contributed by atoms with E-state index in [1.807, 2.05) is 0 Å². The second-order valence-electron chi connectivity index (χ2n) is 8.51. The molecule has 0 saturated heterocycles. The van der Waals surface area contributed by atoms with Crippen LogP contribution in [0.15, 0.2) is 0 Å². The van der Waals surface area contributed by atoms with Crippen molar-refractivity contribution in [1.82, 2.24) is 5.32 Å². The van der Waals surface area contributed by atoms with Crippen molar-refractivity contribution in [1.29, 1.82) is 0 Å². The summed E-state index contributed by atoms with van der Waals surface area (Å²) in [5.41, 5.74) is 7.04. The Balaban J connectivity index is 1.48. The zero-order chi connectivity index (χ0) is 14.2. The molecule has 0 amide bonds. The molecule has 3 aliphatic rings. The molecule has 0 spiro atoms. The molecule has 0 aliphatic heterocycles. The van der Waals surface area contributed by atoms with E-state index in [4.69, 9.17) is 5.73 Å². The summed E-state index contributed by atoms with van der Waals surface area (Å²) >= 11 is 0. The molecule has 116 valence electrons. The first-order chi connectivity index (χ1) is 9.60. The fourth-order valence-corrected chi connectivity index (χ4v) is 5.71. The van der Waals surface area contributed by atoms with Gasteiger partial charge in [0, 0.05) is 12.6 Å². The van der Waals surface area contributed by atoms with Gasteiger partial charge in [-0.3, -0.25) is 0 Å². The van der Waals surface area contributed by atoms with Gasteiger partial charge in [-0.05, 0) is 74.2 Å². The Morgan fingerprint density at radius 3 is 2.45 bits per heavy atom. The van der Waals surface area contributed by atoms with Crippen LogP contribution in [-0.2, 0) is 0 Å². The second-order valence-corrected chi connectivity index (χ2v) is 8.51. The highest BCUT2D eigenvalue weighted by Crippen LogP contribution is 2.47. The summed E-state index contributed by atoms with van der Waals surface area (Å²) in [6, 6.07) is 0.492. The third-order valence-corrected chi connectivity index (χ3v) is 6.54. The van der Waals surface area contributed by atoms with Crippen LogP contribution in [0.4, 0.5) is 0 Å². The van der Waals surface area contributed by atoms with Gasteiger partial charge in [-0.2, -0.15) is 0 Å². The quantitative estimate of drug-likeness (QED) is 0.779. The van der Waals surface area contributed by atoms with E-state index in [1.54, 1.807) is 0 Å². The summed E-state index contributed by atoms with van der Waals surface area (Å²) in [6.07, 6.45) is 11.5. The largest absolute Gasteiger partial charge is 0.327 e. The molecule has 2 nitrogen and oxygen atoms in total. The average Bonchev–Trinajstić information content (AvgIpc) is 3.07. The molecular weight excluding hydrogens is 244 g/mol. The standard InChI is InChI=1S/C18H34N2/c1-13(2)10-18(7-3-4-8-18)12-20-11-16-14-5-6-15(9-14)17(16)19/h13-17,20H,3-12,19H2,1-2H3. The van der Waals surface area contributed by atoms with Crippen molar-refractivity contribution in [2.24, 2.45) is 34.8 Å². The van der Waals surface area contributed by atoms with E-state index < -0.39 is 0 Å². The van der Waals surface area contributed by atoms with Crippen LogP contribution in [0.3, 0.4) is 0 Å². The zero-order valence-electron chi connectivity index (χ0n) is 13.5. The molecule has 3 saturated carbocycles. The summed E-state index contributed by atoms with van der Waals surface area (Å²) < 4.78 is 0. The van der Waals surface area contributed by atoms with Crippen LogP contribution in [0.25, 0.3) is 0 Å². The lowest BCUT2D eigenvalue weighted by molar-refractivity contribution is 0.206. The molecule has 0 aromatic carbocycles. The van der Waals surface area contributed by atoms with Crippen LogP contribution in [0, 0.1) is 29.1 Å². The van der Waals surface area contributed by atoms with Gasteiger partial charge in [0.2, 0.25) is 0 Å². The average molecular weight is 278 g/mol. The van der Waals surface area contributed by atoms with Crippen LogP contribution >= 0.6 is 0 Å². The minimum atomic E-state index is 0.492. The maximum atomic E-state index is 6.43. The maximum absolute atomic E-state index is 6.43. The zero-order valence-corrected chi connectivity index (χ0v) is 13.5. The smallest absolute Gasteiger partial charge is 0.0110 e. The maximum Gasteiger partial charge on any atom is 0.0110 e. The minimum Gasteiger partial charge on any atom is -0.327 e. The molecule has 0 aromatic heterocycles. The molecule has 3 N–H and O–H groups in total. The summed E-state index contributed by atoms with van der Waals surface area (Å²) in [5, 5.41) is 3.85. The fraction of sp³-hybridized carbons (Fsp3) is 1.00. The van der Waals surface area contributed by atoms with Crippen molar-refractivity contribution in [3.05, 3.63) is 0 Å². The van der Waals surface area contributed by atoms with Gasteiger partial charge in [0.05, 0.1) is 0 Å². The highest BCUT2D eigenvalue weighted by Gasteiger charge is 2.45. The third kappa shape index (κ3) is 2.92. The van der Waals surface area contributed by atoms with E-state index in [2.05, 4.69) is 19.2 Å². The van der Waals surface area contributed by atoms with Crippen LogP contribution in [0.2, 0.25) is 0 Å². The molecule has 3 rings (SSSR count). The molecular formula is C18H34N2. The fourth-order valence-electron chi connectivity index (χ4n) is 5.71. The van der Waals surface area contributed by atoms with Crippen molar-refractivity contribution in [2.75, 3.05) is 13.1 Å². The Morgan fingerprint density at radius 2 is 1.85 bits per heavy atom. The normalized spacial score (nSPS) is 39.0. The number of hydrogen-bond donors (Lipinski definition) is 2. The molecule has 3 fully saturated rings. The van der Waals surface area contributed by atoms with Crippen LogP contribution in [0.1, 0.15) is 65.2 Å². The molecule has 0 radical (unpaired) electrons. The number of hydrogen-bond acceptors (Lipinski definition) is 2. The van der Waals surface area contributed by atoms with Gasteiger partial charge in [-0.15, -0.1) is 0 Å². The Kier molecular flexibility index (Phi) is 4.42. The number of fused-ring (bicyclic) bond motifs is 2. The molecule has 4 atom stereocenters. The number of rotatable bonds is 6. The second kappa shape index (κ2) is 5.96. The Morgan fingerprint density at radius 1 is 1.15 bits per heavy atom. The van der Waals surface area contributed by atoms with Gasteiger partial charge in [0.15, 0.2) is 0 Å². The van der Waals surface area contributed by atoms with Crippen LogP contribution < -0.4 is 11.1 Å². The first-order valence-corrected chi connectivity index (χ1v) is 9.06. The van der Waals surface area contributed by atoms with E-state index in [-0.39, 0.29) is 0 Å². The first-order valence-electron chi connectivity index (χ1n) is 9.06. The van der Waals surface area contributed by atoms with E-state index >= 15 is 0 Å². The van der Waals surface area contributed by atoms with Crippen molar-refractivity contribution in [3.8, 4) is 0 Å². The molecule has 3 aliphatic carbocycles. The highest BCUT2D eigenvalue weighted by molar-refractivity contribution is 5.00. The highest BCUT2D eigenvalue weighted by atomic mass is 14.9. The molecule has 0 aromatic rings. The van der Waals surface area contributed by atoms with Gasteiger partial charge < -0.3 is 11.1 Å². The van der Waals surface area contributed by atoms with Crippen molar-refractivity contribution >= 4 is 0 Å². The van der Waals surface area contributed by atoms with Gasteiger partial charge in [0.1, 0.15) is 0 Å².